The summed E-state index contributed by atoms with van der Waals surface area (Å²) in [4.78, 5) is 23.2. The number of nitrogens with one attached hydrogen (secondary N) is 1. The summed E-state index contributed by atoms with van der Waals surface area (Å²) in [6.07, 6.45) is 6.48. The van der Waals surface area contributed by atoms with E-state index in [2.05, 4.69) is 5.32 Å². The van der Waals surface area contributed by atoms with Crippen LogP contribution in [0.5, 0.6) is 5.75 Å². The van der Waals surface area contributed by atoms with Gasteiger partial charge in [0.25, 0.3) is 0 Å². The lowest BCUT2D eigenvalue weighted by Crippen LogP contribution is -2.17. The van der Waals surface area contributed by atoms with Crippen molar-refractivity contribution < 1.29 is 24.5 Å². The van der Waals surface area contributed by atoms with Gasteiger partial charge in [-0.3, -0.25) is 0 Å². The maximum Gasteiger partial charge on any atom is 0.349 e. The molecule has 1 saturated carbocycles. The molecule has 2 aromatic rings. The van der Waals surface area contributed by atoms with E-state index in [4.69, 9.17) is 9.84 Å². The number of thiophene rings is 1. The molecule has 1 heterocycles. The van der Waals surface area contributed by atoms with Gasteiger partial charge >= 0.3 is 11.9 Å². The van der Waals surface area contributed by atoms with Gasteiger partial charge in [0, 0.05) is 22.7 Å². The van der Waals surface area contributed by atoms with Crippen molar-refractivity contribution in [2.24, 2.45) is 5.92 Å². The van der Waals surface area contributed by atoms with E-state index in [0.29, 0.717) is 11.5 Å². The minimum Gasteiger partial charge on any atom is -0.480 e. The molecule has 1 aliphatic carbocycles. The largest absolute Gasteiger partial charge is 0.480 e. The van der Waals surface area contributed by atoms with Crippen LogP contribution in [0.2, 0.25) is 0 Å². The maximum absolute atomic E-state index is 11.6. The van der Waals surface area contributed by atoms with Crippen LogP contribution in [0.25, 0.3) is 10.4 Å². The molecule has 1 aliphatic rings. The average molecular weight is 404 g/mol. The molecule has 0 amide bonds. The first-order chi connectivity index (χ1) is 13.5. The van der Waals surface area contributed by atoms with Gasteiger partial charge in [-0.15, -0.1) is 11.3 Å². The lowest BCUT2D eigenvalue weighted by molar-refractivity contribution is -0.139. The number of anilines is 1. The monoisotopic (exact) mass is 403 g/mol. The molecule has 0 bridgehead atoms. The third-order valence-electron chi connectivity index (χ3n) is 5.07. The lowest BCUT2D eigenvalue weighted by Gasteiger charge is -2.22. The van der Waals surface area contributed by atoms with E-state index in [0.717, 1.165) is 34.0 Å². The van der Waals surface area contributed by atoms with E-state index < -0.39 is 18.5 Å². The maximum atomic E-state index is 11.6. The molecule has 0 saturated heterocycles. The van der Waals surface area contributed by atoms with Gasteiger partial charge in [0.2, 0.25) is 0 Å². The Balaban J connectivity index is 1.81. The number of aliphatic carboxylic acids is 1. The van der Waals surface area contributed by atoms with Crippen LogP contribution in [-0.2, 0) is 4.79 Å². The Kier molecular flexibility index (Phi) is 6.57. The second-order valence-electron chi connectivity index (χ2n) is 7.17. The molecule has 6 nitrogen and oxygen atoms in total. The first kappa shape index (κ1) is 20.2. The predicted molar refractivity (Wildman–Crippen MR) is 110 cm³/mol. The van der Waals surface area contributed by atoms with Gasteiger partial charge in [-0.25, -0.2) is 9.59 Å². The zero-order valence-electron chi connectivity index (χ0n) is 15.9. The van der Waals surface area contributed by atoms with Crippen molar-refractivity contribution in [1.29, 1.82) is 0 Å². The molecule has 1 aromatic heterocycles. The Morgan fingerprint density at radius 1 is 1.21 bits per heavy atom. The fourth-order valence-corrected chi connectivity index (χ4v) is 4.73. The van der Waals surface area contributed by atoms with Gasteiger partial charge in [-0.05, 0) is 43.4 Å². The summed E-state index contributed by atoms with van der Waals surface area (Å²) in [5, 5.41) is 21.8. The third-order valence-corrected chi connectivity index (χ3v) is 6.38. The molecule has 3 N–H and O–H groups in total. The molecule has 0 atom stereocenters. The number of hydrogen-bond acceptors (Lipinski definition) is 5. The quantitative estimate of drug-likeness (QED) is 0.581. The minimum atomic E-state index is -1.14. The standard InChI is InChI=1S/C21H25NO5S/c1-13-18(27-12-17(23)24)20(21(25)26)28-19(13)15-8-5-9-16(10-15)22-11-14-6-3-2-4-7-14/h5,8-10,14,22H,2-4,6-7,11-12H2,1H3,(H,23,24)(H,25,26). The number of benzene rings is 1. The Morgan fingerprint density at radius 2 is 1.96 bits per heavy atom. The highest BCUT2D eigenvalue weighted by Crippen LogP contribution is 2.42. The average Bonchev–Trinajstić information content (AvgIpc) is 3.02. The first-order valence-electron chi connectivity index (χ1n) is 9.51. The second kappa shape index (κ2) is 9.10. The van der Waals surface area contributed by atoms with Crippen molar-refractivity contribution in [2.75, 3.05) is 18.5 Å². The first-order valence-corrected chi connectivity index (χ1v) is 10.3. The Hall–Kier alpha value is -2.54. The van der Waals surface area contributed by atoms with Crippen LogP contribution in [0.15, 0.2) is 24.3 Å². The van der Waals surface area contributed by atoms with Crippen molar-refractivity contribution in [1.82, 2.24) is 0 Å². The second-order valence-corrected chi connectivity index (χ2v) is 8.19. The summed E-state index contributed by atoms with van der Waals surface area (Å²) in [7, 11) is 0. The molecule has 7 heteroatoms. The molecular formula is C21H25NO5S. The fraction of sp³-hybridized carbons (Fsp3) is 0.429. The zero-order chi connectivity index (χ0) is 20.1. The highest BCUT2D eigenvalue weighted by Gasteiger charge is 2.23. The molecule has 0 spiro atoms. The number of aromatic carboxylic acids is 1. The molecule has 0 aliphatic heterocycles. The molecule has 28 heavy (non-hydrogen) atoms. The van der Waals surface area contributed by atoms with Gasteiger partial charge in [0.15, 0.2) is 11.5 Å². The van der Waals surface area contributed by atoms with Crippen LogP contribution in [0.4, 0.5) is 5.69 Å². The summed E-state index contributed by atoms with van der Waals surface area (Å²) in [5.41, 5.74) is 2.54. The molecule has 0 unspecified atom stereocenters. The van der Waals surface area contributed by atoms with Crippen molar-refractivity contribution in [3.05, 3.63) is 34.7 Å². The fourth-order valence-electron chi connectivity index (χ4n) is 3.65. The van der Waals surface area contributed by atoms with E-state index >= 15 is 0 Å². The molecule has 3 rings (SSSR count). The molecular weight excluding hydrogens is 378 g/mol. The highest BCUT2D eigenvalue weighted by atomic mass is 32.1. The van der Waals surface area contributed by atoms with Gasteiger partial charge in [-0.2, -0.15) is 0 Å². The van der Waals surface area contributed by atoms with Crippen LogP contribution in [0, 0.1) is 12.8 Å². The van der Waals surface area contributed by atoms with Gasteiger partial charge in [0.05, 0.1) is 0 Å². The lowest BCUT2D eigenvalue weighted by atomic mass is 9.89. The zero-order valence-corrected chi connectivity index (χ0v) is 16.7. The molecule has 150 valence electrons. The van der Waals surface area contributed by atoms with Crippen LogP contribution in [-0.4, -0.2) is 35.3 Å². The Labute approximate surface area is 168 Å². The van der Waals surface area contributed by atoms with E-state index in [1.807, 2.05) is 24.3 Å². The van der Waals surface area contributed by atoms with E-state index in [1.165, 1.54) is 32.1 Å². The van der Waals surface area contributed by atoms with Crippen molar-refractivity contribution >= 4 is 29.0 Å². The molecule has 1 aromatic carbocycles. The number of hydrogen-bond donors (Lipinski definition) is 3. The summed E-state index contributed by atoms with van der Waals surface area (Å²) in [6.45, 7) is 2.14. The highest BCUT2D eigenvalue weighted by molar-refractivity contribution is 7.18. The molecule has 0 radical (unpaired) electrons. The smallest absolute Gasteiger partial charge is 0.349 e. The van der Waals surface area contributed by atoms with Gasteiger partial charge in [-0.1, -0.05) is 31.4 Å². The predicted octanol–water partition coefficient (Wildman–Crippen LogP) is 4.88. The number of ether oxygens (including phenoxy) is 1. The number of carboxylic acid groups (broad SMARTS) is 2. The Morgan fingerprint density at radius 3 is 2.64 bits per heavy atom. The summed E-state index contributed by atoms with van der Waals surface area (Å²) in [6, 6.07) is 7.89. The van der Waals surface area contributed by atoms with Crippen molar-refractivity contribution in [2.45, 2.75) is 39.0 Å². The summed E-state index contributed by atoms with van der Waals surface area (Å²) < 4.78 is 5.26. The van der Waals surface area contributed by atoms with Gasteiger partial charge < -0.3 is 20.3 Å². The van der Waals surface area contributed by atoms with Crippen LogP contribution >= 0.6 is 11.3 Å². The van der Waals surface area contributed by atoms with E-state index in [-0.39, 0.29) is 10.6 Å². The SMILES string of the molecule is Cc1c(-c2cccc(NCC3CCCCC3)c2)sc(C(=O)O)c1OCC(=O)O. The van der Waals surface area contributed by atoms with Crippen molar-refractivity contribution in [3.63, 3.8) is 0 Å². The van der Waals surface area contributed by atoms with E-state index in [1.54, 1.807) is 6.92 Å². The van der Waals surface area contributed by atoms with Crippen molar-refractivity contribution in [3.8, 4) is 16.2 Å². The molecule has 1 fully saturated rings. The normalized spacial score (nSPS) is 14.6. The van der Waals surface area contributed by atoms with E-state index in [9.17, 15) is 14.7 Å². The minimum absolute atomic E-state index is 0.0225. The summed E-state index contributed by atoms with van der Waals surface area (Å²) >= 11 is 1.11. The van der Waals surface area contributed by atoms with Crippen LogP contribution in [0.1, 0.15) is 47.3 Å². The number of rotatable bonds is 8. The third kappa shape index (κ3) is 4.84. The van der Waals surface area contributed by atoms with Gasteiger partial charge in [0.1, 0.15) is 5.75 Å². The Bertz CT molecular complexity index is 854. The number of carbonyl (C=O) groups is 2. The van der Waals surface area contributed by atoms with Crippen LogP contribution < -0.4 is 10.1 Å². The summed E-state index contributed by atoms with van der Waals surface area (Å²) in [5.74, 6) is -1.42. The van der Waals surface area contributed by atoms with Crippen LogP contribution in [0.3, 0.4) is 0 Å². The topological polar surface area (TPSA) is 95.9 Å². The number of carboxylic acids is 2.